The second-order valence-electron chi connectivity index (χ2n) is 9.15. The van der Waals surface area contributed by atoms with Gasteiger partial charge in [0.2, 0.25) is 5.91 Å². The Balaban J connectivity index is 1.58. The highest BCUT2D eigenvalue weighted by atomic mass is 16.2. The average molecular weight is 488 g/mol. The molecule has 4 aromatic rings. The molecule has 0 aliphatic carbocycles. The van der Waals surface area contributed by atoms with Crippen LogP contribution in [0.2, 0.25) is 0 Å². The van der Waals surface area contributed by atoms with Gasteiger partial charge in [0.25, 0.3) is 5.91 Å². The van der Waals surface area contributed by atoms with Crippen molar-refractivity contribution in [2.75, 3.05) is 11.9 Å². The van der Waals surface area contributed by atoms with Gasteiger partial charge in [-0.3, -0.25) is 9.59 Å². The number of hydrogen-bond donors (Lipinski definition) is 0. The molecule has 4 aromatic carbocycles. The van der Waals surface area contributed by atoms with E-state index >= 15 is 0 Å². The lowest BCUT2D eigenvalue weighted by Crippen LogP contribution is -2.31. The summed E-state index contributed by atoms with van der Waals surface area (Å²) in [5.41, 5.74) is 5.77. The maximum absolute atomic E-state index is 13.6. The Kier molecular flexibility index (Phi) is 8.12. The molecule has 0 atom stereocenters. The summed E-state index contributed by atoms with van der Waals surface area (Å²) in [6.45, 7) is 2.94. The van der Waals surface area contributed by atoms with Crippen molar-refractivity contribution >= 4 is 17.5 Å². The first kappa shape index (κ1) is 25.4. The first-order chi connectivity index (χ1) is 17.9. The lowest BCUT2D eigenvalue weighted by molar-refractivity contribution is -0.129. The molecule has 0 heterocycles. The largest absolute Gasteiger partial charge is 0.341 e. The molecule has 0 fully saturated rings. The van der Waals surface area contributed by atoms with E-state index in [1.807, 2.05) is 85.8 Å². The van der Waals surface area contributed by atoms with Gasteiger partial charge in [0, 0.05) is 24.8 Å². The number of benzene rings is 4. The normalized spacial score (nSPS) is 10.4. The summed E-state index contributed by atoms with van der Waals surface area (Å²) in [4.78, 5) is 30.0. The standard InChI is InChI=1S/C32H29N3O2/c1-24-11-13-27(14-12-24)23-35(32(37)29-17-15-25(21-33)16-18-29)30-10-6-9-28(19-30)20-31(36)34(2)22-26-7-4-3-5-8-26/h3-19H,20,22-23H2,1-2H3. The Morgan fingerprint density at radius 1 is 0.757 bits per heavy atom. The van der Waals surface area contributed by atoms with Gasteiger partial charge in [-0.15, -0.1) is 0 Å². The van der Waals surface area contributed by atoms with Gasteiger partial charge in [-0.1, -0.05) is 72.3 Å². The third kappa shape index (κ3) is 6.71. The van der Waals surface area contributed by atoms with Gasteiger partial charge in [0.15, 0.2) is 0 Å². The monoisotopic (exact) mass is 487 g/mol. The van der Waals surface area contributed by atoms with E-state index in [0.29, 0.717) is 29.9 Å². The summed E-state index contributed by atoms with van der Waals surface area (Å²) < 4.78 is 0. The fraction of sp³-hybridized carbons (Fsp3) is 0.156. The van der Waals surface area contributed by atoms with Gasteiger partial charge in [0.1, 0.15) is 0 Å². The Labute approximate surface area is 218 Å². The highest BCUT2D eigenvalue weighted by molar-refractivity contribution is 6.06. The number of aryl methyl sites for hydroxylation is 1. The quantitative estimate of drug-likeness (QED) is 0.310. The summed E-state index contributed by atoms with van der Waals surface area (Å²) in [7, 11) is 1.80. The van der Waals surface area contributed by atoms with Gasteiger partial charge < -0.3 is 9.80 Å². The van der Waals surface area contributed by atoms with Crippen LogP contribution in [0.1, 0.15) is 38.2 Å². The van der Waals surface area contributed by atoms with E-state index in [9.17, 15) is 9.59 Å². The van der Waals surface area contributed by atoms with Crippen molar-refractivity contribution in [1.82, 2.24) is 4.90 Å². The number of anilines is 1. The van der Waals surface area contributed by atoms with Crippen LogP contribution in [0.25, 0.3) is 0 Å². The van der Waals surface area contributed by atoms with E-state index in [4.69, 9.17) is 5.26 Å². The number of likely N-dealkylation sites (N-methyl/N-ethyl adjacent to an activating group) is 1. The Morgan fingerprint density at radius 2 is 1.41 bits per heavy atom. The molecule has 184 valence electrons. The van der Waals surface area contributed by atoms with Gasteiger partial charge >= 0.3 is 0 Å². The van der Waals surface area contributed by atoms with E-state index in [1.54, 1.807) is 41.1 Å². The first-order valence-electron chi connectivity index (χ1n) is 12.2. The summed E-state index contributed by atoms with van der Waals surface area (Å²) in [5, 5.41) is 9.12. The number of rotatable bonds is 8. The van der Waals surface area contributed by atoms with E-state index < -0.39 is 0 Å². The summed E-state index contributed by atoms with van der Waals surface area (Å²) in [6, 6.07) is 34.3. The number of carbonyl (C=O) groups excluding carboxylic acids is 2. The summed E-state index contributed by atoms with van der Waals surface area (Å²) >= 11 is 0. The molecule has 0 aliphatic heterocycles. The highest BCUT2D eigenvalue weighted by Crippen LogP contribution is 2.23. The number of nitriles is 1. The summed E-state index contributed by atoms with van der Waals surface area (Å²) in [6.07, 6.45) is 0.237. The molecule has 4 rings (SSSR count). The number of hydrogen-bond acceptors (Lipinski definition) is 3. The van der Waals surface area contributed by atoms with E-state index in [1.165, 1.54) is 0 Å². The molecule has 5 heteroatoms. The fourth-order valence-electron chi connectivity index (χ4n) is 4.09. The van der Waals surface area contributed by atoms with Crippen molar-refractivity contribution in [1.29, 1.82) is 5.26 Å². The average Bonchev–Trinajstić information content (AvgIpc) is 2.93. The Morgan fingerprint density at radius 3 is 2.08 bits per heavy atom. The van der Waals surface area contributed by atoms with E-state index in [0.717, 1.165) is 22.3 Å². The summed E-state index contributed by atoms with van der Waals surface area (Å²) in [5.74, 6) is -0.167. The number of amides is 2. The Bertz CT molecular complexity index is 1410. The van der Waals surface area contributed by atoms with E-state index in [2.05, 4.69) is 6.07 Å². The zero-order valence-corrected chi connectivity index (χ0v) is 21.1. The van der Waals surface area contributed by atoms with Crippen LogP contribution in [0.4, 0.5) is 5.69 Å². The molecule has 37 heavy (non-hydrogen) atoms. The topological polar surface area (TPSA) is 64.4 Å². The minimum absolute atomic E-state index is 0.00417. The smallest absolute Gasteiger partial charge is 0.258 e. The van der Waals surface area contributed by atoms with Crippen molar-refractivity contribution in [2.45, 2.75) is 26.4 Å². The second-order valence-corrected chi connectivity index (χ2v) is 9.15. The van der Waals surface area contributed by atoms with Gasteiger partial charge in [-0.2, -0.15) is 5.26 Å². The molecular formula is C32H29N3O2. The van der Waals surface area contributed by atoms with Gasteiger partial charge in [-0.25, -0.2) is 0 Å². The van der Waals surface area contributed by atoms with Gasteiger partial charge in [-0.05, 0) is 60.0 Å². The minimum atomic E-state index is -0.172. The molecule has 0 unspecified atom stereocenters. The molecule has 0 radical (unpaired) electrons. The highest BCUT2D eigenvalue weighted by Gasteiger charge is 2.20. The van der Waals surface area contributed by atoms with Crippen LogP contribution in [0.3, 0.4) is 0 Å². The molecule has 0 aliphatic rings. The van der Waals surface area contributed by atoms with Gasteiger partial charge in [0.05, 0.1) is 24.6 Å². The third-order valence-electron chi connectivity index (χ3n) is 6.23. The molecule has 5 nitrogen and oxygen atoms in total. The lowest BCUT2D eigenvalue weighted by Gasteiger charge is -2.24. The van der Waals surface area contributed by atoms with Crippen LogP contribution in [0.15, 0.2) is 103 Å². The molecule has 0 N–H and O–H groups in total. The number of nitrogens with zero attached hydrogens (tertiary/aromatic N) is 3. The second kappa shape index (κ2) is 11.8. The van der Waals surface area contributed by atoms with Crippen LogP contribution in [0.5, 0.6) is 0 Å². The molecular weight excluding hydrogens is 458 g/mol. The van der Waals surface area contributed by atoms with Crippen molar-refractivity contribution < 1.29 is 9.59 Å². The predicted molar refractivity (Wildman–Crippen MR) is 146 cm³/mol. The van der Waals surface area contributed by atoms with Crippen molar-refractivity contribution in [3.63, 3.8) is 0 Å². The van der Waals surface area contributed by atoms with Crippen LogP contribution in [0, 0.1) is 18.3 Å². The lowest BCUT2D eigenvalue weighted by atomic mass is 10.1. The molecule has 0 saturated heterocycles. The molecule has 0 saturated carbocycles. The zero-order valence-electron chi connectivity index (χ0n) is 21.1. The molecule has 0 bridgehead atoms. The van der Waals surface area contributed by atoms with Crippen LogP contribution >= 0.6 is 0 Å². The number of carbonyl (C=O) groups is 2. The van der Waals surface area contributed by atoms with Crippen LogP contribution in [-0.2, 0) is 24.3 Å². The maximum atomic E-state index is 13.6. The molecule has 0 spiro atoms. The SMILES string of the molecule is Cc1ccc(CN(C(=O)c2ccc(C#N)cc2)c2cccc(CC(=O)N(C)Cc3ccccc3)c2)cc1. The van der Waals surface area contributed by atoms with Crippen molar-refractivity contribution in [2.24, 2.45) is 0 Å². The van der Waals surface area contributed by atoms with Crippen LogP contribution in [-0.4, -0.2) is 23.8 Å². The predicted octanol–water partition coefficient (Wildman–Crippen LogP) is 5.91. The maximum Gasteiger partial charge on any atom is 0.258 e. The van der Waals surface area contributed by atoms with Crippen molar-refractivity contribution in [3.05, 3.63) is 137 Å². The fourth-order valence-corrected chi connectivity index (χ4v) is 4.09. The van der Waals surface area contributed by atoms with E-state index in [-0.39, 0.29) is 18.2 Å². The Hall–Kier alpha value is -4.69. The minimum Gasteiger partial charge on any atom is -0.341 e. The first-order valence-corrected chi connectivity index (χ1v) is 12.2. The van der Waals surface area contributed by atoms with Crippen molar-refractivity contribution in [3.8, 4) is 6.07 Å². The molecule has 0 aromatic heterocycles. The third-order valence-corrected chi connectivity index (χ3v) is 6.23. The van der Waals surface area contributed by atoms with Crippen LogP contribution < -0.4 is 4.90 Å². The zero-order chi connectivity index (χ0) is 26.2. The molecule has 2 amide bonds.